The maximum Gasteiger partial charge on any atom is 0.0206 e. The molecule has 1 fully saturated rings. The largest absolute Gasteiger partial charge is 0.344 e. The summed E-state index contributed by atoms with van der Waals surface area (Å²) in [4.78, 5) is 2.50. The Bertz CT molecular complexity index is 210. The molecule has 0 atom stereocenters. The molecule has 0 aromatic heterocycles. The molecule has 0 bridgehead atoms. The van der Waals surface area contributed by atoms with Crippen molar-refractivity contribution in [2.75, 3.05) is 13.6 Å². The third-order valence-corrected chi connectivity index (χ3v) is 5.25. The topological polar surface area (TPSA) is 38.2 Å². The smallest absolute Gasteiger partial charge is 0.0206 e. The fraction of sp³-hybridized carbons (Fsp3) is 1.00. The Balaban J connectivity index is 0. The first-order valence-corrected chi connectivity index (χ1v) is 5.34. The van der Waals surface area contributed by atoms with E-state index in [2.05, 4.69) is 53.5 Å². The average Bonchev–Trinajstić information content (AvgIpc) is 1.97. The highest BCUT2D eigenvalue weighted by Gasteiger charge is 2.52. The highest BCUT2D eigenvalue weighted by Crippen LogP contribution is 2.53. The first-order valence-electron chi connectivity index (χ1n) is 5.34. The lowest BCUT2D eigenvalue weighted by Gasteiger charge is -2.60. The van der Waals surface area contributed by atoms with Crippen LogP contribution in [0.5, 0.6) is 0 Å². The normalized spacial score (nSPS) is 27.4. The van der Waals surface area contributed by atoms with Gasteiger partial charge in [0.1, 0.15) is 0 Å². The monoisotopic (exact) mass is 236 g/mol. The standard InChI is InChI=1S/C12H25N.ClH.H3N/c1-10(2)8-9-13(7)12(5,6)11(10,3)4;;/h8-9H2,1-7H3;1H;1H3. The molecule has 94 valence electrons. The first kappa shape index (κ1) is 17.6. The maximum atomic E-state index is 2.50. The molecule has 0 saturated carbocycles. The van der Waals surface area contributed by atoms with Crippen molar-refractivity contribution >= 4 is 12.4 Å². The molecule has 1 aliphatic rings. The zero-order valence-electron chi connectivity index (χ0n) is 11.5. The van der Waals surface area contributed by atoms with Gasteiger partial charge in [-0.1, -0.05) is 27.7 Å². The lowest BCUT2D eigenvalue weighted by molar-refractivity contribution is -0.101. The number of rotatable bonds is 0. The van der Waals surface area contributed by atoms with E-state index in [1.807, 2.05) is 0 Å². The van der Waals surface area contributed by atoms with Crippen LogP contribution in [0.3, 0.4) is 0 Å². The molecule has 1 heterocycles. The predicted octanol–water partition coefficient (Wildman–Crippen LogP) is 3.74. The molecule has 1 rings (SSSR count). The van der Waals surface area contributed by atoms with Gasteiger partial charge < -0.3 is 11.1 Å². The van der Waals surface area contributed by atoms with E-state index in [-0.39, 0.29) is 18.6 Å². The molecule has 1 saturated heterocycles. The number of hydrogen-bond acceptors (Lipinski definition) is 2. The summed E-state index contributed by atoms with van der Waals surface area (Å²) >= 11 is 0. The van der Waals surface area contributed by atoms with Crippen molar-refractivity contribution in [2.45, 2.75) is 53.5 Å². The van der Waals surface area contributed by atoms with Gasteiger partial charge >= 0.3 is 0 Å². The number of hydrogen-bond donors (Lipinski definition) is 1. The van der Waals surface area contributed by atoms with Crippen LogP contribution in [0.2, 0.25) is 0 Å². The molecule has 2 nitrogen and oxygen atoms in total. The molecular weight excluding hydrogens is 208 g/mol. The van der Waals surface area contributed by atoms with Gasteiger partial charge in [0.25, 0.3) is 0 Å². The molecule has 3 heteroatoms. The summed E-state index contributed by atoms with van der Waals surface area (Å²) in [6.07, 6.45) is 1.31. The second-order valence-electron chi connectivity index (χ2n) is 6.24. The third-order valence-electron chi connectivity index (χ3n) is 5.25. The van der Waals surface area contributed by atoms with Gasteiger partial charge in [-0.25, -0.2) is 0 Å². The Kier molecular flexibility index (Phi) is 5.40. The van der Waals surface area contributed by atoms with Crippen LogP contribution in [0, 0.1) is 10.8 Å². The molecular formula is C12H29ClN2. The molecule has 0 aliphatic carbocycles. The van der Waals surface area contributed by atoms with E-state index < -0.39 is 0 Å². The van der Waals surface area contributed by atoms with Gasteiger partial charge in [-0.05, 0) is 44.7 Å². The van der Waals surface area contributed by atoms with Crippen LogP contribution in [0.25, 0.3) is 0 Å². The van der Waals surface area contributed by atoms with Crippen molar-refractivity contribution in [1.29, 1.82) is 0 Å². The summed E-state index contributed by atoms with van der Waals surface area (Å²) in [6, 6.07) is 0. The van der Waals surface area contributed by atoms with Gasteiger partial charge in [-0.2, -0.15) is 0 Å². The lowest BCUT2D eigenvalue weighted by atomic mass is 9.54. The van der Waals surface area contributed by atoms with E-state index in [1.54, 1.807) is 0 Å². The molecule has 0 aromatic rings. The van der Waals surface area contributed by atoms with Gasteiger partial charge in [0, 0.05) is 5.54 Å². The Hall–Kier alpha value is 0.210. The van der Waals surface area contributed by atoms with E-state index >= 15 is 0 Å². The van der Waals surface area contributed by atoms with Crippen molar-refractivity contribution in [3.63, 3.8) is 0 Å². The van der Waals surface area contributed by atoms with Gasteiger partial charge in [0.2, 0.25) is 0 Å². The second-order valence-corrected chi connectivity index (χ2v) is 6.24. The minimum Gasteiger partial charge on any atom is -0.344 e. The number of likely N-dealkylation sites (tertiary alicyclic amines) is 1. The molecule has 0 aromatic carbocycles. The molecule has 15 heavy (non-hydrogen) atoms. The SMILES string of the molecule is CN1CCC(C)(C)C(C)(C)C1(C)C.Cl.N. The molecule has 0 amide bonds. The molecule has 0 spiro atoms. The summed E-state index contributed by atoms with van der Waals surface area (Å²) in [5, 5.41) is 0. The van der Waals surface area contributed by atoms with Gasteiger partial charge in [0.15, 0.2) is 0 Å². The average molecular weight is 237 g/mol. The molecule has 0 radical (unpaired) electrons. The van der Waals surface area contributed by atoms with Crippen molar-refractivity contribution in [2.24, 2.45) is 10.8 Å². The fourth-order valence-electron chi connectivity index (χ4n) is 2.34. The number of halogens is 1. The first-order chi connectivity index (χ1) is 5.63. The van der Waals surface area contributed by atoms with Gasteiger partial charge in [-0.15, -0.1) is 12.4 Å². The summed E-state index contributed by atoms with van der Waals surface area (Å²) in [7, 11) is 2.25. The predicted molar refractivity (Wildman–Crippen MR) is 71.2 cm³/mol. The zero-order chi connectivity index (χ0) is 10.5. The van der Waals surface area contributed by atoms with Crippen LogP contribution in [0.15, 0.2) is 0 Å². The Labute approximate surface area is 102 Å². The highest BCUT2D eigenvalue weighted by atomic mass is 35.5. The fourth-order valence-corrected chi connectivity index (χ4v) is 2.34. The summed E-state index contributed by atoms with van der Waals surface area (Å²) in [5.74, 6) is 0. The van der Waals surface area contributed by atoms with E-state index in [0.29, 0.717) is 16.4 Å². The van der Waals surface area contributed by atoms with Gasteiger partial charge in [-0.3, -0.25) is 0 Å². The van der Waals surface area contributed by atoms with Crippen molar-refractivity contribution < 1.29 is 0 Å². The van der Waals surface area contributed by atoms with Crippen LogP contribution < -0.4 is 6.15 Å². The van der Waals surface area contributed by atoms with Crippen LogP contribution in [-0.4, -0.2) is 24.0 Å². The summed E-state index contributed by atoms with van der Waals surface area (Å²) in [6.45, 7) is 15.6. The third kappa shape index (κ3) is 2.32. The Morgan fingerprint density at radius 2 is 1.33 bits per heavy atom. The number of piperidine rings is 1. The van der Waals surface area contributed by atoms with Crippen LogP contribution >= 0.6 is 12.4 Å². The van der Waals surface area contributed by atoms with Crippen LogP contribution in [0.4, 0.5) is 0 Å². The van der Waals surface area contributed by atoms with Gasteiger partial charge in [0.05, 0.1) is 0 Å². The summed E-state index contributed by atoms with van der Waals surface area (Å²) in [5.41, 5.74) is 1.12. The minimum atomic E-state index is 0. The van der Waals surface area contributed by atoms with Crippen molar-refractivity contribution in [3.05, 3.63) is 0 Å². The van der Waals surface area contributed by atoms with Crippen LogP contribution in [-0.2, 0) is 0 Å². The zero-order valence-corrected chi connectivity index (χ0v) is 12.3. The van der Waals surface area contributed by atoms with Crippen molar-refractivity contribution in [1.82, 2.24) is 11.1 Å². The highest BCUT2D eigenvalue weighted by molar-refractivity contribution is 5.85. The molecule has 3 N–H and O–H groups in total. The summed E-state index contributed by atoms with van der Waals surface area (Å²) < 4.78 is 0. The lowest BCUT2D eigenvalue weighted by Crippen LogP contribution is -2.62. The maximum absolute atomic E-state index is 2.50. The van der Waals surface area contributed by atoms with E-state index in [9.17, 15) is 0 Å². The second kappa shape index (κ2) is 4.60. The Morgan fingerprint density at radius 3 is 1.67 bits per heavy atom. The van der Waals surface area contributed by atoms with Crippen LogP contribution in [0.1, 0.15) is 48.0 Å². The Morgan fingerprint density at radius 1 is 0.933 bits per heavy atom. The van der Waals surface area contributed by atoms with E-state index in [1.165, 1.54) is 13.0 Å². The van der Waals surface area contributed by atoms with Crippen molar-refractivity contribution in [3.8, 4) is 0 Å². The van der Waals surface area contributed by atoms with E-state index in [0.717, 1.165) is 0 Å². The minimum absolute atomic E-state index is 0. The molecule has 0 unspecified atom stereocenters. The number of nitrogens with zero attached hydrogens (tertiary/aromatic N) is 1. The van der Waals surface area contributed by atoms with E-state index in [4.69, 9.17) is 0 Å². The quantitative estimate of drug-likeness (QED) is 0.696. The molecule has 1 aliphatic heterocycles.